The smallest absolute Gasteiger partial charge is 0.217 e. The summed E-state index contributed by atoms with van der Waals surface area (Å²) in [4.78, 5) is 22.2. The van der Waals surface area contributed by atoms with Gasteiger partial charge in [0.05, 0.1) is 0 Å². The van der Waals surface area contributed by atoms with Crippen molar-refractivity contribution in [3.63, 3.8) is 0 Å². The van der Waals surface area contributed by atoms with Gasteiger partial charge in [-0.25, -0.2) is 15.8 Å². The zero-order valence-corrected chi connectivity index (χ0v) is 12.7. The van der Waals surface area contributed by atoms with Gasteiger partial charge in [0.2, 0.25) is 5.91 Å². The number of amides is 1. The number of anilines is 2. The molecule has 0 aliphatic carbocycles. The number of carbonyl (C=O) groups is 1. The predicted octanol–water partition coefficient (Wildman–Crippen LogP) is 0.977. The number of hydrogen-bond donors (Lipinski definition) is 3. The number of primary amides is 1. The Labute approximate surface area is 125 Å². The third-order valence-electron chi connectivity index (χ3n) is 3.82. The Morgan fingerprint density at radius 3 is 2.62 bits per heavy atom. The van der Waals surface area contributed by atoms with Crippen LogP contribution < -0.4 is 21.9 Å². The summed E-state index contributed by atoms with van der Waals surface area (Å²) in [6.07, 6.45) is 2.38. The number of rotatable bonds is 5. The van der Waals surface area contributed by atoms with Gasteiger partial charge >= 0.3 is 0 Å². The second-order valence-electron chi connectivity index (χ2n) is 5.87. The number of aromatic nitrogens is 2. The number of nitrogens with zero attached hydrogens (tertiary/aromatic N) is 3. The van der Waals surface area contributed by atoms with Crippen molar-refractivity contribution >= 4 is 17.5 Å². The first-order valence-electron chi connectivity index (χ1n) is 7.38. The van der Waals surface area contributed by atoms with Gasteiger partial charge in [-0.05, 0) is 18.8 Å². The second kappa shape index (κ2) is 6.71. The lowest BCUT2D eigenvalue weighted by molar-refractivity contribution is -0.119. The number of nitrogens with two attached hydrogens (primary N) is 2. The van der Waals surface area contributed by atoms with Crippen LogP contribution in [0.25, 0.3) is 0 Å². The first-order valence-corrected chi connectivity index (χ1v) is 7.38. The van der Waals surface area contributed by atoms with Crippen molar-refractivity contribution in [1.82, 2.24) is 9.97 Å². The largest absolute Gasteiger partial charge is 0.370 e. The summed E-state index contributed by atoms with van der Waals surface area (Å²) in [5.41, 5.74) is 7.86. The quantitative estimate of drug-likeness (QED) is 0.551. The topological polar surface area (TPSA) is 110 Å². The SMILES string of the molecule is CC(C)c1nc(NN)cc(N2CCC(CC(N)=O)CC2)n1. The lowest BCUT2D eigenvalue weighted by Gasteiger charge is -2.32. The Morgan fingerprint density at radius 1 is 1.43 bits per heavy atom. The molecule has 1 aliphatic heterocycles. The van der Waals surface area contributed by atoms with Crippen LogP contribution in [0.15, 0.2) is 6.07 Å². The zero-order chi connectivity index (χ0) is 15.4. The summed E-state index contributed by atoms with van der Waals surface area (Å²) in [7, 11) is 0. The van der Waals surface area contributed by atoms with Crippen molar-refractivity contribution < 1.29 is 4.79 Å². The van der Waals surface area contributed by atoms with E-state index >= 15 is 0 Å². The first kappa shape index (κ1) is 15.5. The summed E-state index contributed by atoms with van der Waals surface area (Å²) in [5.74, 6) is 8.19. The van der Waals surface area contributed by atoms with Crippen LogP contribution in [0.1, 0.15) is 44.9 Å². The summed E-state index contributed by atoms with van der Waals surface area (Å²) in [5, 5.41) is 0. The molecule has 116 valence electrons. The number of hydrogen-bond acceptors (Lipinski definition) is 6. The van der Waals surface area contributed by atoms with E-state index in [1.165, 1.54) is 0 Å². The van der Waals surface area contributed by atoms with E-state index in [0.717, 1.165) is 37.6 Å². The van der Waals surface area contributed by atoms with E-state index in [1.54, 1.807) is 0 Å². The van der Waals surface area contributed by atoms with E-state index in [-0.39, 0.29) is 11.8 Å². The lowest BCUT2D eigenvalue weighted by Crippen LogP contribution is -2.36. The van der Waals surface area contributed by atoms with Gasteiger partial charge in [-0.15, -0.1) is 0 Å². The number of carbonyl (C=O) groups excluding carboxylic acids is 1. The molecule has 1 fully saturated rings. The molecule has 1 saturated heterocycles. The van der Waals surface area contributed by atoms with Crippen LogP contribution in [0.5, 0.6) is 0 Å². The third kappa shape index (κ3) is 4.04. The molecule has 5 N–H and O–H groups in total. The Bertz CT molecular complexity index is 496. The molecule has 1 amide bonds. The fourth-order valence-corrected chi connectivity index (χ4v) is 2.60. The molecule has 0 saturated carbocycles. The van der Waals surface area contributed by atoms with Crippen LogP contribution in [0.4, 0.5) is 11.6 Å². The highest BCUT2D eigenvalue weighted by Gasteiger charge is 2.22. The van der Waals surface area contributed by atoms with Crippen LogP contribution in [-0.2, 0) is 4.79 Å². The number of piperidine rings is 1. The van der Waals surface area contributed by atoms with Gasteiger partial charge < -0.3 is 16.1 Å². The minimum atomic E-state index is -0.216. The summed E-state index contributed by atoms with van der Waals surface area (Å²) >= 11 is 0. The molecule has 1 aromatic rings. The normalized spacial score (nSPS) is 16.3. The van der Waals surface area contributed by atoms with E-state index in [0.29, 0.717) is 18.2 Å². The van der Waals surface area contributed by atoms with Gasteiger partial charge in [-0.2, -0.15) is 0 Å². The molecule has 1 aliphatic rings. The molecule has 0 aromatic carbocycles. The highest BCUT2D eigenvalue weighted by Crippen LogP contribution is 2.26. The van der Waals surface area contributed by atoms with Gasteiger partial charge in [0.15, 0.2) is 0 Å². The molecule has 21 heavy (non-hydrogen) atoms. The third-order valence-corrected chi connectivity index (χ3v) is 3.82. The molecule has 0 atom stereocenters. The molecule has 2 rings (SSSR count). The fraction of sp³-hybridized carbons (Fsp3) is 0.643. The highest BCUT2D eigenvalue weighted by molar-refractivity contribution is 5.74. The lowest BCUT2D eigenvalue weighted by atomic mass is 9.93. The highest BCUT2D eigenvalue weighted by atomic mass is 16.1. The van der Waals surface area contributed by atoms with E-state index < -0.39 is 0 Å². The van der Waals surface area contributed by atoms with Crippen LogP contribution >= 0.6 is 0 Å². The average molecular weight is 292 g/mol. The Hall–Kier alpha value is -1.89. The fourth-order valence-electron chi connectivity index (χ4n) is 2.60. The molecular weight excluding hydrogens is 268 g/mol. The van der Waals surface area contributed by atoms with Crippen LogP contribution in [-0.4, -0.2) is 29.0 Å². The minimum absolute atomic E-state index is 0.216. The summed E-state index contributed by atoms with van der Waals surface area (Å²) < 4.78 is 0. The Kier molecular flexibility index (Phi) is 4.95. The Morgan fingerprint density at radius 2 is 2.10 bits per heavy atom. The van der Waals surface area contributed by atoms with E-state index in [9.17, 15) is 4.79 Å². The molecule has 2 heterocycles. The Balaban J connectivity index is 2.09. The maximum absolute atomic E-state index is 11.0. The summed E-state index contributed by atoms with van der Waals surface area (Å²) in [6.45, 7) is 5.85. The predicted molar refractivity (Wildman–Crippen MR) is 82.7 cm³/mol. The van der Waals surface area contributed by atoms with Crippen molar-refractivity contribution in [2.75, 3.05) is 23.4 Å². The summed E-state index contributed by atoms with van der Waals surface area (Å²) in [6, 6.07) is 1.86. The van der Waals surface area contributed by atoms with Gasteiger partial charge in [-0.3, -0.25) is 4.79 Å². The first-order chi connectivity index (χ1) is 9.99. The van der Waals surface area contributed by atoms with Crippen LogP contribution in [0.2, 0.25) is 0 Å². The average Bonchev–Trinajstić information content (AvgIpc) is 2.46. The van der Waals surface area contributed by atoms with E-state index in [4.69, 9.17) is 11.6 Å². The second-order valence-corrected chi connectivity index (χ2v) is 5.87. The van der Waals surface area contributed by atoms with Crippen molar-refractivity contribution in [2.45, 2.75) is 39.0 Å². The van der Waals surface area contributed by atoms with Gasteiger partial charge in [0, 0.05) is 31.5 Å². The maximum Gasteiger partial charge on any atom is 0.217 e. The zero-order valence-electron chi connectivity index (χ0n) is 12.7. The molecule has 0 spiro atoms. The number of nitrogens with one attached hydrogen (secondary N) is 1. The molecule has 0 unspecified atom stereocenters. The van der Waals surface area contributed by atoms with Crippen LogP contribution in [0, 0.1) is 5.92 Å². The van der Waals surface area contributed by atoms with Crippen molar-refractivity contribution in [1.29, 1.82) is 0 Å². The van der Waals surface area contributed by atoms with Gasteiger partial charge in [0.1, 0.15) is 17.5 Å². The maximum atomic E-state index is 11.0. The standard InChI is InChI=1S/C14H24N6O/c1-9(2)14-17-12(19-16)8-13(18-14)20-5-3-10(4-6-20)7-11(15)21/h8-10H,3-7,16H2,1-2H3,(H2,15,21)(H,17,18,19). The van der Waals surface area contributed by atoms with Crippen LogP contribution in [0.3, 0.4) is 0 Å². The van der Waals surface area contributed by atoms with Crippen molar-refractivity contribution in [2.24, 2.45) is 17.5 Å². The molecular formula is C14H24N6O. The monoisotopic (exact) mass is 292 g/mol. The van der Waals surface area contributed by atoms with E-state index in [2.05, 4.69) is 34.1 Å². The number of hydrazine groups is 1. The van der Waals surface area contributed by atoms with Crippen molar-refractivity contribution in [3.8, 4) is 0 Å². The molecule has 7 heteroatoms. The van der Waals surface area contributed by atoms with Gasteiger partial charge in [0.25, 0.3) is 0 Å². The van der Waals surface area contributed by atoms with Gasteiger partial charge in [-0.1, -0.05) is 13.8 Å². The van der Waals surface area contributed by atoms with E-state index in [1.807, 2.05) is 6.07 Å². The minimum Gasteiger partial charge on any atom is -0.370 e. The molecule has 7 nitrogen and oxygen atoms in total. The van der Waals surface area contributed by atoms with Crippen molar-refractivity contribution in [3.05, 3.63) is 11.9 Å². The molecule has 0 bridgehead atoms. The molecule has 1 aromatic heterocycles. The number of nitrogen functional groups attached to an aromatic ring is 1. The molecule has 0 radical (unpaired) electrons.